The van der Waals surface area contributed by atoms with E-state index >= 15 is 0 Å². The van der Waals surface area contributed by atoms with Gasteiger partial charge in [-0.05, 0) is 88.8 Å². The van der Waals surface area contributed by atoms with Gasteiger partial charge in [0.2, 0.25) is 11.8 Å². The molecule has 4 amide bonds. The summed E-state index contributed by atoms with van der Waals surface area (Å²) in [6, 6.07) is 17.7. The maximum absolute atomic E-state index is 13.9. The van der Waals surface area contributed by atoms with Crippen molar-refractivity contribution in [2.45, 2.75) is 89.5 Å². The first-order valence-corrected chi connectivity index (χ1v) is 21.1. The quantitative estimate of drug-likeness (QED) is 0.209. The van der Waals surface area contributed by atoms with E-state index in [1.807, 2.05) is 43.7 Å². The lowest BCUT2D eigenvalue weighted by Crippen LogP contribution is -2.56. The van der Waals surface area contributed by atoms with Crippen LogP contribution in [0.15, 0.2) is 70.8 Å². The zero-order valence-corrected chi connectivity index (χ0v) is 35.2. The number of carbonyl (C=O) groups is 4. The fourth-order valence-corrected chi connectivity index (χ4v) is 9.26. The number of aliphatic imine (C=N–C) groups is 2. The van der Waals surface area contributed by atoms with Crippen molar-refractivity contribution in [3.8, 4) is 11.1 Å². The number of methoxy groups -OCH3 is 2. The third kappa shape index (κ3) is 7.73. The number of hydrogen-bond acceptors (Lipinski definition) is 10. The predicted octanol–water partition coefficient (Wildman–Crippen LogP) is 6.49. The number of hydrogen-bond donors (Lipinski definition) is 3. The minimum atomic E-state index is -0.714. The molecule has 0 radical (unpaired) electrons. The van der Waals surface area contributed by atoms with E-state index in [-0.39, 0.29) is 35.7 Å². The Bertz CT molecular complexity index is 2300. The molecule has 0 saturated carbocycles. The summed E-state index contributed by atoms with van der Waals surface area (Å²) in [6.45, 7) is 9.80. The molecule has 14 nitrogen and oxygen atoms in total. The van der Waals surface area contributed by atoms with Crippen molar-refractivity contribution < 1.29 is 33.4 Å². The van der Waals surface area contributed by atoms with Gasteiger partial charge in [-0.3, -0.25) is 19.6 Å². The highest BCUT2D eigenvalue weighted by Gasteiger charge is 2.47. The SMILES string of the molecule is COC(=O)NC(C(=O)N1CCC[C@H]1C1=NC=C(c2ccc3cc(-c4ccc5c(c4)NC([C@@H]4CCCN4C(=O)[C@@H](NC(=O)OC)C(C)C)=NC54COC4)ccc3c2)C1)C(C)C. The van der Waals surface area contributed by atoms with Crippen molar-refractivity contribution >= 4 is 57.6 Å². The number of allylic oxidation sites excluding steroid dienone is 1. The van der Waals surface area contributed by atoms with Gasteiger partial charge in [-0.2, -0.15) is 0 Å². The first-order valence-electron chi connectivity index (χ1n) is 21.1. The Balaban J connectivity index is 0.977. The van der Waals surface area contributed by atoms with Crippen molar-refractivity contribution in [2.75, 3.05) is 45.8 Å². The summed E-state index contributed by atoms with van der Waals surface area (Å²) in [4.78, 5) is 65.5. The molecule has 0 bridgehead atoms. The van der Waals surface area contributed by atoms with Gasteiger partial charge >= 0.3 is 12.2 Å². The third-order valence-electron chi connectivity index (χ3n) is 12.7. The number of nitrogens with zero attached hydrogens (tertiary/aromatic N) is 4. The molecular weight excluding hydrogens is 763 g/mol. The van der Waals surface area contributed by atoms with E-state index in [2.05, 4.69) is 70.5 Å². The van der Waals surface area contributed by atoms with Crippen LogP contribution in [0.4, 0.5) is 15.3 Å². The van der Waals surface area contributed by atoms with Crippen LogP contribution in [0, 0.1) is 11.8 Å². The summed E-state index contributed by atoms with van der Waals surface area (Å²) in [7, 11) is 2.60. The minimum absolute atomic E-state index is 0.0922. The summed E-state index contributed by atoms with van der Waals surface area (Å²) in [6.07, 6.45) is 4.66. The van der Waals surface area contributed by atoms with Crippen molar-refractivity contribution in [1.29, 1.82) is 0 Å². The van der Waals surface area contributed by atoms with E-state index in [0.717, 1.165) is 81.5 Å². The highest BCUT2D eigenvalue weighted by Crippen LogP contribution is 2.44. The molecule has 3 aromatic carbocycles. The number of ether oxygens (including phenoxy) is 3. The normalized spacial score (nSPS) is 21.4. The molecule has 3 fully saturated rings. The highest BCUT2D eigenvalue weighted by atomic mass is 16.5. The predicted molar refractivity (Wildman–Crippen MR) is 231 cm³/mol. The second kappa shape index (κ2) is 16.7. The van der Waals surface area contributed by atoms with Gasteiger partial charge in [0.05, 0.1) is 39.5 Å². The van der Waals surface area contributed by atoms with Crippen LogP contribution >= 0.6 is 0 Å². The Morgan fingerprint density at radius 2 is 1.32 bits per heavy atom. The van der Waals surface area contributed by atoms with Crippen molar-refractivity contribution in [1.82, 2.24) is 20.4 Å². The molecule has 316 valence electrons. The minimum Gasteiger partial charge on any atom is -0.453 e. The first-order chi connectivity index (χ1) is 28.9. The first kappa shape index (κ1) is 41.0. The van der Waals surface area contributed by atoms with Crippen molar-refractivity contribution in [3.63, 3.8) is 0 Å². The largest absolute Gasteiger partial charge is 0.453 e. The standard InChI is InChI=1S/C46H55N7O7/c1-26(2)39(49-44(56)58-5)42(54)52-17-7-9-37(52)36-22-33(23-47-36)31-14-13-28-19-30(12-11-29(28)20-31)32-15-16-34-35(21-32)48-41(51-46(34)24-60-25-46)38-10-8-18-53(38)43(55)40(27(3)4)50-45(57)59-6/h11-16,19-21,23,26-27,37-40H,7-10,17-18,22,24-25H2,1-6H3,(H,48,51)(H,49,56)(H,50,57)/t37-,38-,39?,40-/m0/s1. The van der Waals surface area contributed by atoms with E-state index < -0.39 is 29.8 Å². The Labute approximate surface area is 350 Å². The number of alkyl carbamates (subject to hydrolysis) is 2. The molecule has 5 aliphatic heterocycles. The van der Waals surface area contributed by atoms with Gasteiger partial charge in [0.15, 0.2) is 0 Å². The molecular formula is C46H55N7O7. The number of rotatable bonds is 10. The molecule has 1 unspecified atom stereocenters. The van der Waals surface area contributed by atoms with Gasteiger partial charge in [-0.1, -0.05) is 64.1 Å². The molecule has 14 heteroatoms. The van der Waals surface area contributed by atoms with Gasteiger partial charge in [0.25, 0.3) is 0 Å². The van der Waals surface area contributed by atoms with Gasteiger partial charge in [-0.15, -0.1) is 0 Å². The summed E-state index contributed by atoms with van der Waals surface area (Å²) in [5.41, 5.74) is 6.81. The molecule has 4 atom stereocenters. The second-order valence-corrected chi connectivity index (χ2v) is 17.2. The molecule has 0 aliphatic carbocycles. The average Bonchev–Trinajstić information content (AvgIpc) is 4.04. The molecule has 8 rings (SSSR count). The molecule has 0 aromatic heterocycles. The van der Waals surface area contributed by atoms with Crippen LogP contribution in [0.5, 0.6) is 0 Å². The second-order valence-electron chi connectivity index (χ2n) is 17.2. The highest BCUT2D eigenvalue weighted by molar-refractivity contribution is 6.06. The maximum Gasteiger partial charge on any atom is 0.407 e. The Hall–Kier alpha value is -5.76. The van der Waals surface area contributed by atoms with Gasteiger partial charge in [-0.25, -0.2) is 9.59 Å². The maximum atomic E-state index is 13.9. The molecule has 3 N–H and O–H groups in total. The zero-order valence-electron chi connectivity index (χ0n) is 35.2. The van der Waals surface area contributed by atoms with Gasteiger partial charge in [0, 0.05) is 42.7 Å². The number of amidine groups is 1. The van der Waals surface area contributed by atoms with Crippen LogP contribution < -0.4 is 16.0 Å². The molecule has 1 spiro atoms. The number of amides is 4. The molecule has 5 aliphatic rings. The monoisotopic (exact) mass is 817 g/mol. The Kier molecular flexibility index (Phi) is 11.4. The van der Waals surface area contributed by atoms with E-state index in [1.165, 1.54) is 14.2 Å². The molecule has 3 saturated heterocycles. The third-order valence-corrected chi connectivity index (χ3v) is 12.7. The number of likely N-dealkylation sites (tertiary alicyclic amines) is 2. The topological polar surface area (TPSA) is 163 Å². The van der Waals surface area contributed by atoms with Crippen LogP contribution in [0.1, 0.15) is 70.9 Å². The van der Waals surface area contributed by atoms with Crippen LogP contribution in [0.25, 0.3) is 27.5 Å². The lowest BCUT2D eigenvalue weighted by molar-refractivity contribution is -0.135. The van der Waals surface area contributed by atoms with Crippen molar-refractivity contribution in [3.05, 3.63) is 71.9 Å². The van der Waals surface area contributed by atoms with Gasteiger partial charge < -0.3 is 40.0 Å². The van der Waals surface area contributed by atoms with E-state index in [0.29, 0.717) is 32.7 Å². The van der Waals surface area contributed by atoms with Crippen LogP contribution in [0.2, 0.25) is 0 Å². The number of benzene rings is 3. The number of carbonyl (C=O) groups excluding carboxylic acids is 4. The fourth-order valence-electron chi connectivity index (χ4n) is 9.26. The fraction of sp³-hybridized carbons (Fsp3) is 0.478. The van der Waals surface area contributed by atoms with Crippen molar-refractivity contribution in [2.24, 2.45) is 21.8 Å². The number of nitrogens with one attached hydrogen (secondary N) is 3. The molecule has 5 heterocycles. The Morgan fingerprint density at radius 1 is 0.767 bits per heavy atom. The molecule has 3 aromatic rings. The lowest BCUT2D eigenvalue weighted by atomic mass is 9.84. The summed E-state index contributed by atoms with van der Waals surface area (Å²) in [5, 5.41) is 11.3. The van der Waals surface area contributed by atoms with Crippen LogP contribution in [0.3, 0.4) is 0 Å². The van der Waals surface area contributed by atoms with E-state index in [9.17, 15) is 19.2 Å². The van der Waals surface area contributed by atoms with Crippen LogP contribution in [-0.2, 0) is 29.3 Å². The smallest absolute Gasteiger partial charge is 0.407 e. The summed E-state index contributed by atoms with van der Waals surface area (Å²) >= 11 is 0. The Morgan fingerprint density at radius 3 is 1.90 bits per heavy atom. The van der Waals surface area contributed by atoms with Gasteiger partial charge in [0.1, 0.15) is 23.5 Å². The lowest BCUT2D eigenvalue weighted by Gasteiger charge is -2.44. The number of fused-ring (bicyclic) bond motifs is 3. The average molecular weight is 818 g/mol. The van der Waals surface area contributed by atoms with E-state index in [4.69, 9.17) is 24.2 Å². The molecule has 60 heavy (non-hydrogen) atoms. The van der Waals surface area contributed by atoms with E-state index in [1.54, 1.807) is 0 Å². The summed E-state index contributed by atoms with van der Waals surface area (Å²) in [5.74, 6) is 0.283. The van der Waals surface area contributed by atoms with Crippen LogP contribution in [-0.4, -0.2) is 110 Å². The number of anilines is 1. The zero-order chi connectivity index (χ0) is 42.3. The summed E-state index contributed by atoms with van der Waals surface area (Å²) < 4.78 is 15.4.